The molecule has 1 fully saturated rings. The fourth-order valence-electron chi connectivity index (χ4n) is 2.81. The van der Waals surface area contributed by atoms with Gasteiger partial charge in [-0.3, -0.25) is 19.8 Å². The van der Waals surface area contributed by atoms with Gasteiger partial charge in [0.2, 0.25) is 5.91 Å². The zero-order valence-corrected chi connectivity index (χ0v) is 17.4. The summed E-state index contributed by atoms with van der Waals surface area (Å²) in [5, 5.41) is 0. The number of imide groups is 1. The molecule has 9 heteroatoms. The molecule has 3 amide bonds. The summed E-state index contributed by atoms with van der Waals surface area (Å²) in [4.78, 5) is 38.3. The van der Waals surface area contributed by atoms with Crippen molar-refractivity contribution in [3.05, 3.63) is 53.0 Å². The Hall–Kier alpha value is -2.91. The van der Waals surface area contributed by atoms with E-state index in [-0.39, 0.29) is 12.3 Å². The number of amides is 3. The van der Waals surface area contributed by atoms with Crippen molar-refractivity contribution in [2.45, 2.75) is 25.5 Å². The first kappa shape index (κ1) is 20.8. The molecule has 0 unspecified atom stereocenters. The van der Waals surface area contributed by atoms with Crippen LogP contribution in [0.25, 0.3) is 0 Å². The molecule has 0 radical (unpaired) electrons. The largest absolute Gasteiger partial charge is 0.497 e. The van der Waals surface area contributed by atoms with E-state index < -0.39 is 24.0 Å². The maximum absolute atomic E-state index is 12.6. The van der Waals surface area contributed by atoms with Gasteiger partial charge in [0.05, 0.1) is 19.2 Å². The number of nitrogens with one attached hydrogen (secondary N) is 2. The zero-order chi connectivity index (χ0) is 21.0. The van der Waals surface area contributed by atoms with Gasteiger partial charge in [0.15, 0.2) is 6.10 Å². The van der Waals surface area contributed by atoms with Gasteiger partial charge in [-0.1, -0.05) is 22.0 Å². The Kier molecular flexibility index (Phi) is 6.50. The molecule has 1 aliphatic rings. The number of methoxy groups -OCH3 is 1. The Labute approximate surface area is 176 Å². The Morgan fingerprint density at radius 3 is 2.55 bits per heavy atom. The van der Waals surface area contributed by atoms with Crippen LogP contribution >= 0.6 is 15.9 Å². The summed E-state index contributed by atoms with van der Waals surface area (Å²) in [5.74, 6) is -0.117. The number of hydrazine groups is 1. The summed E-state index contributed by atoms with van der Waals surface area (Å²) in [6.45, 7) is 1.59. The molecule has 1 saturated heterocycles. The molecular formula is C20H20BrN3O5. The number of rotatable bonds is 7. The smallest absolute Gasteiger partial charge is 0.274 e. The third-order valence-electron chi connectivity index (χ3n) is 4.33. The Morgan fingerprint density at radius 1 is 1.17 bits per heavy atom. The predicted octanol–water partition coefficient (Wildman–Crippen LogP) is 2.18. The van der Waals surface area contributed by atoms with Crippen LogP contribution in [0.2, 0.25) is 0 Å². The number of hydrogen-bond acceptors (Lipinski definition) is 6. The van der Waals surface area contributed by atoms with Crippen molar-refractivity contribution < 1.29 is 23.9 Å². The lowest BCUT2D eigenvalue weighted by molar-refractivity contribution is -0.129. The molecule has 2 atom stereocenters. The molecule has 8 nitrogen and oxygen atoms in total. The third-order valence-corrected chi connectivity index (χ3v) is 4.82. The van der Waals surface area contributed by atoms with E-state index in [1.54, 1.807) is 49.4 Å². The molecule has 152 valence electrons. The summed E-state index contributed by atoms with van der Waals surface area (Å²) in [6.07, 6.45) is -0.867. The van der Waals surface area contributed by atoms with Crippen LogP contribution in [0.4, 0.5) is 5.69 Å². The first-order valence-electron chi connectivity index (χ1n) is 8.87. The first-order valence-corrected chi connectivity index (χ1v) is 9.67. The normalized spacial score (nSPS) is 17.2. The number of benzene rings is 2. The van der Waals surface area contributed by atoms with Gasteiger partial charge in [-0.25, -0.2) is 10.3 Å². The van der Waals surface area contributed by atoms with Crippen molar-refractivity contribution in [3.8, 4) is 11.5 Å². The number of ether oxygens (including phenoxy) is 2. The SMILES string of the molecule is COc1ccc(N2C(=O)C[C@H](NNC(=O)[C@H](C)Oc3cccc(Br)c3)C2=O)cc1. The topological polar surface area (TPSA) is 97.0 Å². The molecule has 2 N–H and O–H groups in total. The van der Waals surface area contributed by atoms with Crippen molar-refractivity contribution in [3.63, 3.8) is 0 Å². The van der Waals surface area contributed by atoms with Crippen LogP contribution in [-0.2, 0) is 14.4 Å². The maximum Gasteiger partial charge on any atom is 0.274 e. The second kappa shape index (κ2) is 9.06. The molecule has 3 rings (SSSR count). The fourth-order valence-corrected chi connectivity index (χ4v) is 3.18. The highest BCUT2D eigenvalue weighted by molar-refractivity contribution is 9.10. The van der Waals surface area contributed by atoms with E-state index in [1.807, 2.05) is 6.07 Å². The summed E-state index contributed by atoms with van der Waals surface area (Å²) in [7, 11) is 1.53. The summed E-state index contributed by atoms with van der Waals surface area (Å²) in [6, 6.07) is 12.8. The third kappa shape index (κ3) is 4.93. The van der Waals surface area contributed by atoms with E-state index >= 15 is 0 Å². The summed E-state index contributed by atoms with van der Waals surface area (Å²) in [5.41, 5.74) is 5.54. The van der Waals surface area contributed by atoms with E-state index in [4.69, 9.17) is 9.47 Å². The van der Waals surface area contributed by atoms with Gasteiger partial charge in [0.1, 0.15) is 17.5 Å². The Balaban J connectivity index is 1.57. The van der Waals surface area contributed by atoms with Gasteiger partial charge in [0.25, 0.3) is 11.8 Å². The van der Waals surface area contributed by atoms with E-state index in [0.717, 1.165) is 9.37 Å². The minimum atomic E-state index is -0.855. The highest BCUT2D eigenvalue weighted by atomic mass is 79.9. The van der Waals surface area contributed by atoms with Crippen molar-refractivity contribution in [2.24, 2.45) is 0 Å². The minimum absolute atomic E-state index is 0.0635. The lowest BCUT2D eigenvalue weighted by Gasteiger charge is -2.18. The van der Waals surface area contributed by atoms with Crippen molar-refractivity contribution >= 4 is 39.3 Å². The molecule has 0 spiro atoms. The number of hydrogen-bond donors (Lipinski definition) is 2. The van der Waals surface area contributed by atoms with Crippen LogP contribution in [0.15, 0.2) is 53.0 Å². The molecule has 0 bridgehead atoms. The Morgan fingerprint density at radius 2 is 1.90 bits per heavy atom. The van der Waals surface area contributed by atoms with E-state index in [1.165, 1.54) is 7.11 Å². The van der Waals surface area contributed by atoms with Gasteiger partial charge in [-0.15, -0.1) is 0 Å². The van der Waals surface area contributed by atoms with Gasteiger partial charge >= 0.3 is 0 Å². The molecule has 29 heavy (non-hydrogen) atoms. The van der Waals surface area contributed by atoms with Crippen LogP contribution in [0.5, 0.6) is 11.5 Å². The molecule has 2 aromatic carbocycles. The number of halogens is 1. The minimum Gasteiger partial charge on any atom is -0.497 e. The number of carbonyl (C=O) groups excluding carboxylic acids is 3. The van der Waals surface area contributed by atoms with Crippen molar-refractivity contribution in [1.82, 2.24) is 10.9 Å². The van der Waals surface area contributed by atoms with Gasteiger partial charge in [-0.05, 0) is 49.4 Å². The van der Waals surface area contributed by atoms with Crippen LogP contribution in [0.1, 0.15) is 13.3 Å². The number of anilines is 1. The average Bonchev–Trinajstić information content (AvgIpc) is 2.99. The lowest BCUT2D eigenvalue weighted by Crippen LogP contribution is -2.51. The monoisotopic (exact) mass is 461 g/mol. The molecular weight excluding hydrogens is 442 g/mol. The molecule has 0 aromatic heterocycles. The van der Waals surface area contributed by atoms with Gasteiger partial charge in [0, 0.05) is 4.47 Å². The van der Waals surface area contributed by atoms with E-state index in [9.17, 15) is 14.4 Å². The van der Waals surface area contributed by atoms with Crippen LogP contribution in [-0.4, -0.2) is 37.0 Å². The zero-order valence-electron chi connectivity index (χ0n) is 15.8. The fraction of sp³-hybridized carbons (Fsp3) is 0.250. The number of carbonyl (C=O) groups is 3. The molecule has 1 heterocycles. The molecule has 1 aliphatic heterocycles. The number of nitrogens with zero attached hydrogens (tertiary/aromatic N) is 1. The van der Waals surface area contributed by atoms with Crippen LogP contribution in [0, 0.1) is 0 Å². The highest BCUT2D eigenvalue weighted by Gasteiger charge is 2.39. The standard InChI is InChI=1S/C20H20BrN3O5/c1-12(29-16-5-3-4-13(21)10-16)19(26)23-22-17-11-18(25)24(20(17)27)14-6-8-15(28-2)9-7-14/h3-10,12,17,22H,11H2,1-2H3,(H,23,26)/t12-,17-/m0/s1. The Bertz CT molecular complexity index is 919. The predicted molar refractivity (Wildman–Crippen MR) is 109 cm³/mol. The molecule has 0 saturated carbocycles. The van der Waals surface area contributed by atoms with E-state index in [0.29, 0.717) is 17.2 Å². The highest BCUT2D eigenvalue weighted by Crippen LogP contribution is 2.25. The second-order valence-electron chi connectivity index (χ2n) is 6.37. The molecule has 2 aromatic rings. The van der Waals surface area contributed by atoms with Crippen molar-refractivity contribution in [1.29, 1.82) is 0 Å². The van der Waals surface area contributed by atoms with Crippen LogP contribution < -0.4 is 25.2 Å². The quantitative estimate of drug-likeness (QED) is 0.484. The van der Waals surface area contributed by atoms with Gasteiger partial charge in [-0.2, -0.15) is 0 Å². The average molecular weight is 462 g/mol. The maximum atomic E-state index is 12.6. The van der Waals surface area contributed by atoms with Crippen LogP contribution in [0.3, 0.4) is 0 Å². The van der Waals surface area contributed by atoms with Crippen molar-refractivity contribution in [2.75, 3.05) is 12.0 Å². The first-order chi connectivity index (χ1) is 13.9. The summed E-state index contributed by atoms with van der Waals surface area (Å²) >= 11 is 3.34. The molecule has 0 aliphatic carbocycles. The summed E-state index contributed by atoms with van der Waals surface area (Å²) < 4.78 is 11.5. The van der Waals surface area contributed by atoms with E-state index in [2.05, 4.69) is 26.8 Å². The second-order valence-corrected chi connectivity index (χ2v) is 7.29. The van der Waals surface area contributed by atoms with Gasteiger partial charge < -0.3 is 9.47 Å². The lowest BCUT2D eigenvalue weighted by atomic mass is 10.2.